The first kappa shape index (κ1) is 12.1. The molecule has 0 aliphatic rings. The highest BCUT2D eigenvalue weighted by atomic mass is 19.4. The van der Waals surface area contributed by atoms with Gasteiger partial charge in [0.2, 0.25) is 0 Å². The molecule has 0 saturated carbocycles. The molecule has 2 nitrogen and oxygen atoms in total. The highest BCUT2D eigenvalue weighted by molar-refractivity contribution is 5.55. The first-order valence-electron chi connectivity index (χ1n) is 4.29. The van der Waals surface area contributed by atoms with Crippen molar-refractivity contribution >= 4 is 6.29 Å². The van der Waals surface area contributed by atoms with Crippen LogP contribution in [0.1, 0.15) is 12.0 Å². The normalized spacial score (nSPS) is 10.2. The molecule has 0 heterocycles. The standard InChI is InChI=1S/C11H7F3O2/c12-11(13,14)16-10-6-4-9(5-7-10)3-1-2-8-15/h4-8H,2H2. The summed E-state index contributed by atoms with van der Waals surface area (Å²) < 4.78 is 39.1. The summed E-state index contributed by atoms with van der Waals surface area (Å²) in [6.45, 7) is 0. The second-order valence-electron chi connectivity index (χ2n) is 2.74. The van der Waals surface area contributed by atoms with Crippen LogP contribution in [0.4, 0.5) is 13.2 Å². The Kier molecular flexibility index (Phi) is 3.95. The first-order valence-corrected chi connectivity index (χ1v) is 4.29. The van der Waals surface area contributed by atoms with Crippen LogP contribution in [-0.4, -0.2) is 12.6 Å². The summed E-state index contributed by atoms with van der Waals surface area (Å²) in [5, 5.41) is 0. The van der Waals surface area contributed by atoms with Gasteiger partial charge in [-0.25, -0.2) is 0 Å². The minimum Gasteiger partial charge on any atom is -0.406 e. The Morgan fingerprint density at radius 2 is 1.88 bits per heavy atom. The lowest BCUT2D eigenvalue weighted by Gasteiger charge is -2.07. The summed E-state index contributed by atoms with van der Waals surface area (Å²) in [7, 11) is 0. The zero-order chi connectivity index (χ0) is 12.0. The van der Waals surface area contributed by atoms with Crippen LogP contribution in [0.15, 0.2) is 24.3 Å². The Morgan fingerprint density at radius 1 is 1.25 bits per heavy atom. The van der Waals surface area contributed by atoms with Gasteiger partial charge >= 0.3 is 6.36 Å². The van der Waals surface area contributed by atoms with Crippen LogP contribution in [0.3, 0.4) is 0 Å². The molecule has 16 heavy (non-hydrogen) atoms. The molecule has 0 spiro atoms. The van der Waals surface area contributed by atoms with E-state index >= 15 is 0 Å². The number of hydrogen-bond donors (Lipinski definition) is 0. The van der Waals surface area contributed by atoms with Crippen molar-refractivity contribution in [3.63, 3.8) is 0 Å². The average Bonchev–Trinajstić information content (AvgIpc) is 2.19. The van der Waals surface area contributed by atoms with Crippen molar-refractivity contribution in [2.75, 3.05) is 0 Å². The van der Waals surface area contributed by atoms with Crippen molar-refractivity contribution in [3.8, 4) is 17.6 Å². The van der Waals surface area contributed by atoms with Gasteiger partial charge in [0.05, 0.1) is 6.42 Å². The Bertz CT molecular complexity index is 410. The monoisotopic (exact) mass is 228 g/mol. The number of benzene rings is 1. The van der Waals surface area contributed by atoms with Crippen LogP contribution in [0.2, 0.25) is 0 Å². The fraction of sp³-hybridized carbons (Fsp3) is 0.182. The van der Waals surface area contributed by atoms with Crippen molar-refractivity contribution < 1.29 is 22.7 Å². The van der Waals surface area contributed by atoms with Crippen molar-refractivity contribution in [2.45, 2.75) is 12.8 Å². The van der Waals surface area contributed by atoms with Crippen LogP contribution < -0.4 is 4.74 Å². The maximum Gasteiger partial charge on any atom is 0.573 e. The van der Waals surface area contributed by atoms with Crippen LogP contribution in [0, 0.1) is 11.8 Å². The topological polar surface area (TPSA) is 26.3 Å². The number of halogens is 3. The SMILES string of the molecule is O=CCC#Cc1ccc(OC(F)(F)F)cc1. The van der Waals surface area contributed by atoms with E-state index in [1.807, 2.05) is 0 Å². The molecule has 84 valence electrons. The van der Waals surface area contributed by atoms with Gasteiger partial charge in [-0.15, -0.1) is 13.2 Å². The van der Waals surface area contributed by atoms with E-state index in [0.29, 0.717) is 11.8 Å². The van der Waals surface area contributed by atoms with E-state index < -0.39 is 6.36 Å². The van der Waals surface area contributed by atoms with Gasteiger partial charge in [0, 0.05) is 5.56 Å². The van der Waals surface area contributed by atoms with Gasteiger partial charge in [0.1, 0.15) is 12.0 Å². The van der Waals surface area contributed by atoms with E-state index in [1.165, 1.54) is 24.3 Å². The Balaban J connectivity index is 2.69. The minimum atomic E-state index is -4.69. The molecule has 0 aromatic heterocycles. The second-order valence-corrected chi connectivity index (χ2v) is 2.74. The lowest BCUT2D eigenvalue weighted by atomic mass is 10.2. The lowest BCUT2D eigenvalue weighted by molar-refractivity contribution is -0.274. The number of aldehydes is 1. The van der Waals surface area contributed by atoms with Gasteiger partial charge in [-0.3, -0.25) is 0 Å². The van der Waals surface area contributed by atoms with Gasteiger partial charge in [0.15, 0.2) is 0 Å². The summed E-state index contributed by atoms with van der Waals surface area (Å²) in [6, 6.07) is 5.11. The maximum atomic E-state index is 11.8. The third-order valence-corrected chi connectivity index (χ3v) is 1.51. The zero-order valence-electron chi connectivity index (χ0n) is 8.04. The van der Waals surface area contributed by atoms with Gasteiger partial charge in [-0.1, -0.05) is 11.8 Å². The van der Waals surface area contributed by atoms with Gasteiger partial charge in [-0.05, 0) is 24.3 Å². The third-order valence-electron chi connectivity index (χ3n) is 1.51. The molecule has 0 unspecified atom stereocenters. The molecule has 5 heteroatoms. The van der Waals surface area contributed by atoms with Crippen LogP contribution in [-0.2, 0) is 4.79 Å². The van der Waals surface area contributed by atoms with Crippen molar-refractivity contribution in [1.29, 1.82) is 0 Å². The lowest BCUT2D eigenvalue weighted by Crippen LogP contribution is -2.16. The highest BCUT2D eigenvalue weighted by Crippen LogP contribution is 2.22. The number of hydrogen-bond acceptors (Lipinski definition) is 2. The maximum absolute atomic E-state index is 11.8. The first-order chi connectivity index (χ1) is 7.51. The molecule has 1 aromatic carbocycles. The fourth-order valence-corrected chi connectivity index (χ4v) is 0.935. The Morgan fingerprint density at radius 3 is 2.38 bits per heavy atom. The fourth-order valence-electron chi connectivity index (χ4n) is 0.935. The molecule has 0 fully saturated rings. The molecular formula is C11H7F3O2. The van der Waals surface area contributed by atoms with E-state index in [9.17, 15) is 18.0 Å². The van der Waals surface area contributed by atoms with Gasteiger partial charge in [-0.2, -0.15) is 0 Å². The molecule has 0 saturated heterocycles. The summed E-state index contributed by atoms with van der Waals surface area (Å²) in [6.07, 6.45) is -3.94. The number of ether oxygens (including phenoxy) is 1. The summed E-state index contributed by atoms with van der Waals surface area (Å²) in [5.74, 6) is 4.86. The molecule has 1 aromatic rings. The van der Waals surface area contributed by atoms with E-state index in [4.69, 9.17) is 0 Å². The summed E-state index contributed by atoms with van der Waals surface area (Å²) >= 11 is 0. The van der Waals surface area contributed by atoms with Crippen molar-refractivity contribution in [3.05, 3.63) is 29.8 Å². The molecular weight excluding hydrogens is 221 g/mol. The number of alkyl halides is 3. The number of rotatable bonds is 2. The molecule has 1 rings (SSSR count). The quantitative estimate of drug-likeness (QED) is 0.574. The predicted octanol–water partition coefficient (Wildman–Crippen LogP) is 2.53. The van der Waals surface area contributed by atoms with Gasteiger partial charge in [0.25, 0.3) is 0 Å². The summed E-state index contributed by atoms with van der Waals surface area (Å²) in [5.41, 5.74) is 0.524. The smallest absolute Gasteiger partial charge is 0.406 e. The molecule has 0 N–H and O–H groups in total. The molecule has 0 amide bonds. The van der Waals surface area contributed by atoms with Crippen LogP contribution in [0.25, 0.3) is 0 Å². The molecule has 0 bridgehead atoms. The number of carbonyl (C=O) groups is 1. The second kappa shape index (κ2) is 5.21. The molecule has 0 atom stereocenters. The van der Waals surface area contributed by atoms with Crippen LogP contribution in [0.5, 0.6) is 5.75 Å². The molecule has 0 aliphatic carbocycles. The van der Waals surface area contributed by atoms with Crippen LogP contribution >= 0.6 is 0 Å². The van der Waals surface area contributed by atoms with E-state index in [2.05, 4.69) is 16.6 Å². The minimum absolute atomic E-state index is 0.0980. The average molecular weight is 228 g/mol. The highest BCUT2D eigenvalue weighted by Gasteiger charge is 2.30. The largest absolute Gasteiger partial charge is 0.573 e. The van der Waals surface area contributed by atoms with Crippen molar-refractivity contribution in [2.24, 2.45) is 0 Å². The summed E-state index contributed by atoms with van der Waals surface area (Å²) in [4.78, 5) is 9.96. The Hall–Kier alpha value is -1.96. The van der Waals surface area contributed by atoms with Crippen molar-refractivity contribution in [1.82, 2.24) is 0 Å². The van der Waals surface area contributed by atoms with E-state index in [0.717, 1.165) is 0 Å². The van der Waals surface area contributed by atoms with E-state index in [-0.39, 0.29) is 12.2 Å². The number of carbonyl (C=O) groups excluding carboxylic acids is 1. The molecule has 0 radical (unpaired) electrons. The van der Waals surface area contributed by atoms with E-state index in [1.54, 1.807) is 0 Å². The third kappa shape index (κ3) is 4.51. The zero-order valence-corrected chi connectivity index (χ0v) is 8.04. The van der Waals surface area contributed by atoms with Gasteiger partial charge < -0.3 is 9.53 Å². The molecule has 0 aliphatic heterocycles. The Labute approximate surface area is 90.0 Å². The predicted molar refractivity (Wildman–Crippen MR) is 50.7 cm³/mol.